The summed E-state index contributed by atoms with van der Waals surface area (Å²) in [5.41, 5.74) is 1.97. The Morgan fingerprint density at radius 2 is 1.60 bits per heavy atom. The zero-order valence-corrected chi connectivity index (χ0v) is 20.5. The lowest BCUT2D eigenvalue weighted by Gasteiger charge is -2.14. The normalized spacial score (nSPS) is 11.3. The summed E-state index contributed by atoms with van der Waals surface area (Å²) in [7, 11) is 2.97. The second kappa shape index (κ2) is 11.4. The Morgan fingerprint density at radius 1 is 0.971 bits per heavy atom. The maximum Gasteiger partial charge on any atom is 0.269 e. The number of methoxy groups -OCH3 is 2. The molecule has 3 aromatic carbocycles. The van der Waals surface area contributed by atoms with Crippen LogP contribution in [0.15, 0.2) is 65.6 Å². The van der Waals surface area contributed by atoms with Gasteiger partial charge in [-0.15, -0.1) is 11.8 Å². The number of non-ortho nitro benzene ring substituents is 1. The van der Waals surface area contributed by atoms with Gasteiger partial charge in [-0.25, -0.2) is 0 Å². The highest BCUT2D eigenvalue weighted by molar-refractivity contribution is 8.00. The van der Waals surface area contributed by atoms with Crippen LogP contribution in [0.5, 0.6) is 11.5 Å². The first-order valence-electron chi connectivity index (χ1n) is 10.6. The number of anilines is 2. The van der Waals surface area contributed by atoms with Crippen molar-refractivity contribution in [1.29, 1.82) is 0 Å². The molecule has 0 saturated heterocycles. The molecule has 0 aliphatic heterocycles. The molecule has 0 spiro atoms. The van der Waals surface area contributed by atoms with E-state index in [4.69, 9.17) is 9.47 Å². The van der Waals surface area contributed by atoms with Crippen molar-refractivity contribution in [2.75, 3.05) is 24.9 Å². The van der Waals surface area contributed by atoms with E-state index in [1.54, 1.807) is 56.3 Å². The molecule has 0 bridgehead atoms. The van der Waals surface area contributed by atoms with Gasteiger partial charge in [-0.2, -0.15) is 0 Å². The highest BCUT2D eigenvalue weighted by Gasteiger charge is 2.19. The summed E-state index contributed by atoms with van der Waals surface area (Å²) in [6.45, 7) is 3.47. The first-order valence-corrected chi connectivity index (χ1v) is 11.5. The highest BCUT2D eigenvalue weighted by Crippen LogP contribution is 2.30. The fourth-order valence-corrected chi connectivity index (χ4v) is 4.15. The van der Waals surface area contributed by atoms with Crippen molar-refractivity contribution in [2.45, 2.75) is 24.0 Å². The van der Waals surface area contributed by atoms with Crippen molar-refractivity contribution in [2.24, 2.45) is 0 Å². The van der Waals surface area contributed by atoms with Crippen LogP contribution in [-0.2, 0) is 4.79 Å². The molecule has 0 saturated carbocycles. The number of benzene rings is 3. The number of hydrogen-bond acceptors (Lipinski definition) is 7. The quantitative estimate of drug-likeness (QED) is 0.235. The third-order valence-electron chi connectivity index (χ3n) is 5.13. The maximum absolute atomic E-state index is 12.8. The molecule has 1 atom stereocenters. The molecule has 0 aliphatic rings. The van der Waals surface area contributed by atoms with Crippen molar-refractivity contribution < 1.29 is 24.0 Å². The molecule has 35 heavy (non-hydrogen) atoms. The Bertz CT molecular complexity index is 1220. The molecule has 3 aromatic rings. The van der Waals surface area contributed by atoms with E-state index in [1.807, 2.05) is 0 Å². The molecule has 1 unspecified atom stereocenters. The maximum atomic E-state index is 12.8. The number of nitrogens with zero attached hydrogens (tertiary/aromatic N) is 1. The fraction of sp³-hybridized carbons (Fsp3) is 0.200. The van der Waals surface area contributed by atoms with Crippen LogP contribution < -0.4 is 20.1 Å². The van der Waals surface area contributed by atoms with Crippen LogP contribution in [0.1, 0.15) is 22.8 Å². The van der Waals surface area contributed by atoms with Gasteiger partial charge < -0.3 is 20.1 Å². The summed E-state index contributed by atoms with van der Waals surface area (Å²) in [6.07, 6.45) is 0. The fourth-order valence-electron chi connectivity index (χ4n) is 3.28. The third-order valence-corrected chi connectivity index (χ3v) is 6.24. The molecule has 3 rings (SSSR count). The van der Waals surface area contributed by atoms with E-state index in [0.29, 0.717) is 34.0 Å². The minimum Gasteiger partial charge on any atom is -0.496 e. The summed E-state index contributed by atoms with van der Waals surface area (Å²) in [5, 5.41) is 16.1. The number of hydrogen-bond donors (Lipinski definition) is 2. The monoisotopic (exact) mass is 495 g/mol. The minimum absolute atomic E-state index is 0.0285. The van der Waals surface area contributed by atoms with E-state index in [0.717, 1.165) is 4.90 Å². The minimum atomic E-state index is -0.476. The third kappa shape index (κ3) is 6.30. The van der Waals surface area contributed by atoms with Gasteiger partial charge in [-0.3, -0.25) is 19.7 Å². The molecular formula is C25H25N3O6S. The first kappa shape index (κ1) is 25.6. The van der Waals surface area contributed by atoms with Crippen LogP contribution in [0.2, 0.25) is 0 Å². The Balaban J connectivity index is 1.63. The van der Waals surface area contributed by atoms with Gasteiger partial charge >= 0.3 is 0 Å². The zero-order valence-electron chi connectivity index (χ0n) is 19.7. The molecule has 2 N–H and O–H groups in total. The van der Waals surface area contributed by atoms with Gasteiger partial charge in [-0.05, 0) is 61.9 Å². The number of carbonyl (C=O) groups is 2. The van der Waals surface area contributed by atoms with Crippen LogP contribution in [-0.4, -0.2) is 36.2 Å². The van der Waals surface area contributed by atoms with Crippen LogP contribution in [0.3, 0.4) is 0 Å². The summed E-state index contributed by atoms with van der Waals surface area (Å²) in [6, 6.07) is 16.5. The molecule has 0 radical (unpaired) electrons. The van der Waals surface area contributed by atoms with Crippen LogP contribution in [0.4, 0.5) is 17.1 Å². The molecule has 9 nitrogen and oxygen atoms in total. The summed E-state index contributed by atoms with van der Waals surface area (Å²) >= 11 is 1.35. The van der Waals surface area contributed by atoms with Crippen LogP contribution >= 0.6 is 11.8 Å². The van der Waals surface area contributed by atoms with Gasteiger partial charge in [0.25, 0.3) is 11.6 Å². The predicted octanol–water partition coefficient (Wildman–Crippen LogP) is 5.29. The molecule has 2 amide bonds. The number of nitro benzene ring substituents is 1. The number of rotatable bonds is 9. The van der Waals surface area contributed by atoms with E-state index in [9.17, 15) is 19.7 Å². The van der Waals surface area contributed by atoms with Crippen molar-refractivity contribution in [1.82, 2.24) is 0 Å². The molecule has 0 aromatic heterocycles. The lowest BCUT2D eigenvalue weighted by Crippen LogP contribution is -2.22. The first-order chi connectivity index (χ1) is 16.7. The summed E-state index contributed by atoms with van der Waals surface area (Å²) in [4.78, 5) is 36.7. The molecular weight excluding hydrogens is 470 g/mol. The SMILES string of the molecule is COc1cccc(OC)c1C(=O)Nc1ccc(SC(C)C(=O)Nc2ccc([N+](=O)[O-])cc2C)cc1. The van der Waals surface area contributed by atoms with Gasteiger partial charge in [0.1, 0.15) is 17.1 Å². The van der Waals surface area contributed by atoms with Crippen LogP contribution in [0.25, 0.3) is 0 Å². The molecule has 0 aliphatic carbocycles. The number of amides is 2. The van der Waals surface area contributed by atoms with Crippen molar-refractivity contribution in [3.05, 3.63) is 81.9 Å². The number of thioether (sulfide) groups is 1. The summed E-state index contributed by atoms with van der Waals surface area (Å²) in [5.74, 6) is 0.202. The van der Waals surface area contributed by atoms with Gasteiger partial charge in [-0.1, -0.05) is 6.07 Å². The number of nitrogens with one attached hydrogen (secondary N) is 2. The molecule has 0 heterocycles. The predicted molar refractivity (Wildman–Crippen MR) is 136 cm³/mol. The molecule has 0 fully saturated rings. The Labute approximate surface area is 207 Å². The number of ether oxygens (including phenoxy) is 2. The Kier molecular flexibility index (Phi) is 8.32. The van der Waals surface area contributed by atoms with E-state index >= 15 is 0 Å². The standard InChI is InChI=1S/C25H25N3O6S/c1-15-14-18(28(31)32)10-13-20(15)27-24(29)16(2)35-19-11-8-17(9-12-19)26-25(30)23-21(33-3)6-5-7-22(23)34-4/h5-14,16H,1-4H3,(H,26,30)(H,27,29). The largest absolute Gasteiger partial charge is 0.496 e. The topological polar surface area (TPSA) is 120 Å². The Morgan fingerprint density at radius 3 is 2.14 bits per heavy atom. The van der Waals surface area contributed by atoms with E-state index in [1.165, 1.54) is 44.2 Å². The summed E-state index contributed by atoms with van der Waals surface area (Å²) < 4.78 is 10.6. The lowest BCUT2D eigenvalue weighted by atomic mass is 10.1. The van der Waals surface area contributed by atoms with Crippen LogP contribution in [0, 0.1) is 17.0 Å². The highest BCUT2D eigenvalue weighted by atomic mass is 32.2. The smallest absolute Gasteiger partial charge is 0.269 e. The van der Waals surface area contributed by atoms with E-state index < -0.39 is 10.2 Å². The number of nitro groups is 1. The second-order valence-corrected chi connectivity index (χ2v) is 8.94. The van der Waals surface area contributed by atoms with Crippen molar-refractivity contribution >= 4 is 40.6 Å². The average Bonchev–Trinajstić information content (AvgIpc) is 2.85. The van der Waals surface area contributed by atoms with Gasteiger partial charge in [0.05, 0.1) is 24.4 Å². The van der Waals surface area contributed by atoms with Crippen molar-refractivity contribution in [3.63, 3.8) is 0 Å². The van der Waals surface area contributed by atoms with Gasteiger partial charge in [0, 0.05) is 28.4 Å². The number of carbonyl (C=O) groups excluding carboxylic acids is 2. The second-order valence-electron chi connectivity index (χ2n) is 7.52. The van der Waals surface area contributed by atoms with Gasteiger partial charge in [0.2, 0.25) is 5.91 Å². The molecule has 10 heteroatoms. The van der Waals surface area contributed by atoms with E-state index in [-0.39, 0.29) is 17.5 Å². The zero-order chi connectivity index (χ0) is 25.5. The number of aryl methyl sites for hydroxylation is 1. The van der Waals surface area contributed by atoms with Gasteiger partial charge in [0.15, 0.2) is 0 Å². The average molecular weight is 496 g/mol. The Hall–Kier alpha value is -4.05. The molecule has 182 valence electrons. The van der Waals surface area contributed by atoms with Crippen molar-refractivity contribution in [3.8, 4) is 11.5 Å². The van der Waals surface area contributed by atoms with E-state index in [2.05, 4.69) is 10.6 Å². The lowest BCUT2D eigenvalue weighted by molar-refractivity contribution is -0.384.